The number of aliphatic hydroxyl groups excluding tert-OH is 1. The number of allylic oxidation sites excluding steroid dienone is 7. The van der Waals surface area contributed by atoms with Crippen molar-refractivity contribution >= 4 is 17.3 Å². The Hall–Kier alpha value is -3.25. The van der Waals surface area contributed by atoms with Gasteiger partial charge in [-0.25, -0.2) is 0 Å². The Bertz CT molecular complexity index is 1450. The van der Waals surface area contributed by atoms with Crippen molar-refractivity contribution in [3.05, 3.63) is 70.9 Å². The van der Waals surface area contributed by atoms with Crippen molar-refractivity contribution in [3.63, 3.8) is 0 Å². The highest BCUT2D eigenvalue weighted by Gasteiger charge is 2.75. The minimum absolute atomic E-state index is 0.0955. The van der Waals surface area contributed by atoms with E-state index in [1.165, 1.54) is 18.2 Å². The molecule has 2 unspecified atom stereocenters. The summed E-state index contributed by atoms with van der Waals surface area (Å²) in [5.41, 5.74) is 0.530. The van der Waals surface area contributed by atoms with E-state index in [0.717, 1.165) is 22.3 Å². The maximum atomic E-state index is 15.3. The van der Waals surface area contributed by atoms with E-state index < -0.39 is 39.8 Å². The first-order chi connectivity index (χ1) is 21.4. The Balaban J connectivity index is 2.36. The molecule has 2 aliphatic carbocycles. The number of carbonyl (C=O) groups is 3. The molecule has 2 saturated carbocycles. The van der Waals surface area contributed by atoms with Gasteiger partial charge in [0.25, 0.3) is 0 Å². The molecule has 2 N–H and O–H groups in total. The number of phenols is 1. The summed E-state index contributed by atoms with van der Waals surface area (Å²) in [6, 6.07) is 4.31. The minimum atomic E-state index is -1.54. The van der Waals surface area contributed by atoms with Crippen LogP contribution in [0.3, 0.4) is 0 Å². The lowest BCUT2D eigenvalue weighted by atomic mass is 9.37. The van der Waals surface area contributed by atoms with Gasteiger partial charge in [-0.1, -0.05) is 60.9 Å². The van der Waals surface area contributed by atoms with Gasteiger partial charge in [0.15, 0.2) is 28.8 Å². The highest BCUT2D eigenvalue weighted by molar-refractivity contribution is 6.23. The van der Waals surface area contributed by atoms with Gasteiger partial charge < -0.3 is 14.9 Å². The predicted molar refractivity (Wildman–Crippen MR) is 185 cm³/mol. The van der Waals surface area contributed by atoms with Crippen molar-refractivity contribution < 1.29 is 29.3 Å². The largest absolute Gasteiger partial charge is 0.504 e. The molecule has 2 aliphatic rings. The maximum absolute atomic E-state index is 15.3. The first-order valence-corrected chi connectivity index (χ1v) is 16.7. The molecule has 0 spiro atoms. The van der Waals surface area contributed by atoms with Gasteiger partial charge in [0, 0.05) is 5.56 Å². The zero-order valence-electron chi connectivity index (χ0n) is 29.8. The molecule has 3 rings (SSSR count). The smallest absolute Gasteiger partial charge is 0.176 e. The topological polar surface area (TPSA) is 101 Å². The SMILES string of the molecule is C=C(C)[C@H](CC=C(C)C)C[C@]12C[C@H](CC=C(C)C)C(C)(C)[C@](CC=C(C)C)(C(=O)C(C(=O)c3ccc(OCC)c(O)c3)C1O)C2=O. The van der Waals surface area contributed by atoms with Gasteiger partial charge in [-0.2, -0.15) is 0 Å². The number of fused-ring (bicyclic) bond motifs is 2. The number of carbonyl (C=O) groups excluding carboxylic acids is 3. The van der Waals surface area contributed by atoms with Crippen molar-refractivity contribution in [3.8, 4) is 11.5 Å². The molecule has 0 amide bonds. The molecule has 0 saturated heterocycles. The molecular weight excluding hydrogens is 576 g/mol. The quantitative estimate of drug-likeness (QED) is 0.128. The summed E-state index contributed by atoms with van der Waals surface area (Å²) in [6.07, 6.45) is 6.77. The molecular formula is C40H56O6. The molecule has 0 aromatic heterocycles. The van der Waals surface area contributed by atoms with Crippen molar-refractivity contribution in [1.29, 1.82) is 0 Å². The minimum Gasteiger partial charge on any atom is -0.504 e. The van der Waals surface area contributed by atoms with E-state index in [4.69, 9.17) is 4.74 Å². The zero-order valence-corrected chi connectivity index (χ0v) is 29.8. The number of aromatic hydroxyl groups is 1. The zero-order chi connectivity index (χ0) is 34.8. The van der Waals surface area contributed by atoms with Crippen LogP contribution >= 0.6 is 0 Å². The van der Waals surface area contributed by atoms with Crippen LogP contribution < -0.4 is 4.74 Å². The molecule has 0 heterocycles. The Morgan fingerprint density at radius 2 is 1.63 bits per heavy atom. The molecule has 0 radical (unpaired) electrons. The third kappa shape index (κ3) is 6.74. The lowest BCUT2D eigenvalue weighted by Crippen LogP contribution is -2.73. The lowest BCUT2D eigenvalue weighted by molar-refractivity contribution is -0.198. The van der Waals surface area contributed by atoms with E-state index >= 15 is 9.59 Å². The summed E-state index contributed by atoms with van der Waals surface area (Å²) in [6.45, 7) is 24.3. The number of phenolic OH excluding ortho intramolecular Hbond substituents is 1. The number of aliphatic hydroxyl groups is 1. The van der Waals surface area contributed by atoms with Crippen LogP contribution in [-0.2, 0) is 9.59 Å². The van der Waals surface area contributed by atoms with E-state index in [1.807, 2.05) is 68.4 Å². The third-order valence-electron chi connectivity index (χ3n) is 10.7. The van der Waals surface area contributed by atoms with Gasteiger partial charge in [0.05, 0.1) is 23.5 Å². The van der Waals surface area contributed by atoms with Crippen molar-refractivity contribution in [2.45, 2.75) is 107 Å². The Kier molecular flexibility index (Phi) is 11.5. The van der Waals surface area contributed by atoms with Gasteiger partial charge >= 0.3 is 0 Å². The number of hydrogen-bond donors (Lipinski definition) is 2. The van der Waals surface area contributed by atoms with Crippen molar-refractivity contribution in [2.75, 3.05) is 6.61 Å². The molecule has 2 bridgehead atoms. The summed E-state index contributed by atoms with van der Waals surface area (Å²) in [5, 5.41) is 23.1. The molecule has 252 valence electrons. The van der Waals surface area contributed by atoms with Crippen molar-refractivity contribution in [1.82, 2.24) is 0 Å². The van der Waals surface area contributed by atoms with E-state index in [2.05, 4.69) is 18.7 Å². The Morgan fingerprint density at radius 3 is 2.15 bits per heavy atom. The predicted octanol–water partition coefficient (Wildman–Crippen LogP) is 8.77. The number of hydrogen-bond acceptors (Lipinski definition) is 6. The highest BCUT2D eigenvalue weighted by atomic mass is 16.5. The van der Waals surface area contributed by atoms with Crippen LogP contribution in [-0.4, -0.2) is 40.3 Å². The van der Waals surface area contributed by atoms with Crippen LogP contribution in [0.1, 0.15) is 112 Å². The molecule has 6 nitrogen and oxygen atoms in total. The summed E-state index contributed by atoms with van der Waals surface area (Å²) in [7, 11) is 0. The van der Waals surface area contributed by atoms with Crippen LogP contribution in [0.25, 0.3) is 0 Å². The van der Waals surface area contributed by atoms with Gasteiger partial charge in [0.1, 0.15) is 5.92 Å². The van der Waals surface area contributed by atoms with Gasteiger partial charge in [-0.05, 0) is 123 Å². The maximum Gasteiger partial charge on any atom is 0.176 e. The summed E-state index contributed by atoms with van der Waals surface area (Å²) < 4.78 is 5.46. The molecule has 0 aliphatic heterocycles. The van der Waals surface area contributed by atoms with Gasteiger partial charge in [-0.3, -0.25) is 14.4 Å². The van der Waals surface area contributed by atoms with Crippen LogP contribution in [0.2, 0.25) is 0 Å². The summed E-state index contributed by atoms with van der Waals surface area (Å²) in [5.74, 6) is -3.09. The second kappa shape index (κ2) is 14.3. The number of ether oxygens (including phenoxy) is 1. The van der Waals surface area contributed by atoms with Crippen LogP contribution in [0.15, 0.2) is 65.3 Å². The first-order valence-electron chi connectivity index (χ1n) is 16.7. The van der Waals surface area contributed by atoms with Crippen LogP contribution in [0.5, 0.6) is 11.5 Å². The molecule has 1 aromatic carbocycles. The summed E-state index contributed by atoms with van der Waals surface area (Å²) in [4.78, 5) is 44.8. The van der Waals surface area contributed by atoms with Crippen molar-refractivity contribution in [2.24, 2.45) is 34.0 Å². The Morgan fingerprint density at radius 1 is 1.02 bits per heavy atom. The monoisotopic (exact) mass is 632 g/mol. The molecule has 6 atom stereocenters. The fraction of sp³-hybridized carbons (Fsp3) is 0.575. The van der Waals surface area contributed by atoms with Crippen LogP contribution in [0.4, 0.5) is 0 Å². The number of ketones is 3. The molecule has 6 heteroatoms. The van der Waals surface area contributed by atoms with Crippen LogP contribution in [0, 0.1) is 34.0 Å². The standard InChI is InChI=1S/C40H56O6/c1-12-46-32-18-16-28(21-31(32)41)34(42)33-35(43)39(22-29(27(8)9)15-13-24(2)3)23-30(17-14-25(4)5)38(10,11)40(36(33)44,37(39)45)20-19-26(6)7/h13-14,16,18-19,21,29-30,33,35,41,43H,8,12,15,17,20,22-23H2,1-7,9-11H3/t29-,30+,33?,35?,39+,40-/m1/s1. The van der Waals surface area contributed by atoms with E-state index in [-0.39, 0.29) is 47.5 Å². The van der Waals surface area contributed by atoms with E-state index in [9.17, 15) is 15.0 Å². The number of rotatable bonds is 13. The normalized spacial score (nSPS) is 27.3. The number of benzene rings is 1. The molecule has 2 fully saturated rings. The van der Waals surface area contributed by atoms with Gasteiger partial charge in [-0.15, -0.1) is 0 Å². The molecule has 1 aromatic rings. The summed E-state index contributed by atoms with van der Waals surface area (Å²) >= 11 is 0. The molecule has 46 heavy (non-hydrogen) atoms. The van der Waals surface area contributed by atoms with E-state index in [1.54, 1.807) is 6.92 Å². The van der Waals surface area contributed by atoms with Gasteiger partial charge in [0.2, 0.25) is 0 Å². The Labute approximate surface area is 276 Å². The third-order valence-corrected chi connectivity index (χ3v) is 10.7. The first kappa shape index (κ1) is 37.2. The average molecular weight is 633 g/mol. The lowest BCUT2D eigenvalue weighted by Gasteiger charge is -2.64. The average Bonchev–Trinajstić information content (AvgIpc) is 2.95. The fourth-order valence-electron chi connectivity index (χ4n) is 7.80. The second-order valence-corrected chi connectivity index (χ2v) is 15.0. The second-order valence-electron chi connectivity index (χ2n) is 15.0. The fourth-order valence-corrected chi connectivity index (χ4v) is 7.80. The number of Topliss-reactive ketones (excluding diaryl/α,β-unsaturated/α-hetero) is 3. The van der Waals surface area contributed by atoms with E-state index in [0.29, 0.717) is 25.9 Å². The highest BCUT2D eigenvalue weighted by Crippen LogP contribution is 2.67.